The number of amides is 1. The predicted molar refractivity (Wildman–Crippen MR) is 78.5 cm³/mol. The fraction of sp³-hybridized carbons (Fsp3) is 0.467. The van der Waals surface area contributed by atoms with Crippen molar-refractivity contribution in [2.45, 2.75) is 25.2 Å². The van der Waals surface area contributed by atoms with Crippen LogP contribution in [0.5, 0.6) is 0 Å². The quantitative estimate of drug-likeness (QED) is 0.870. The van der Waals surface area contributed by atoms with Crippen LogP contribution in [0.25, 0.3) is 0 Å². The molecular formula is C15H16N2O4S. The molecule has 0 bridgehead atoms. The molecule has 2 aromatic rings. The Bertz CT molecular complexity index is 648. The Morgan fingerprint density at radius 2 is 2.23 bits per heavy atom. The van der Waals surface area contributed by atoms with Gasteiger partial charge in [0.1, 0.15) is 15.6 Å². The Balaban J connectivity index is 1.53. The zero-order chi connectivity index (χ0) is 14.9. The standard InChI is InChI=1S/C15H16N2O4S/c18-14(12-9-16-13(22-12)15-20-7-8-21-15)17-5-1-3-10(17)11-4-2-6-19-11/h2,4,6,9-10,15H,1,3,5,7-8H2/t10-/m1/s1. The third-order valence-corrected chi connectivity index (χ3v) is 4.95. The van der Waals surface area contributed by atoms with Crippen LogP contribution in [0.3, 0.4) is 0 Å². The molecule has 1 atom stereocenters. The molecule has 7 heteroatoms. The number of thiazole rings is 1. The van der Waals surface area contributed by atoms with Crippen LogP contribution >= 0.6 is 11.3 Å². The number of carbonyl (C=O) groups is 1. The molecule has 4 heterocycles. The predicted octanol–water partition coefficient (Wildman–Crippen LogP) is 2.76. The number of nitrogens with zero attached hydrogens (tertiary/aromatic N) is 2. The third-order valence-electron chi connectivity index (χ3n) is 3.94. The van der Waals surface area contributed by atoms with E-state index in [1.165, 1.54) is 11.3 Å². The largest absolute Gasteiger partial charge is 0.467 e. The number of ether oxygens (including phenoxy) is 2. The molecule has 22 heavy (non-hydrogen) atoms. The zero-order valence-corrected chi connectivity index (χ0v) is 12.8. The molecule has 0 saturated carbocycles. The molecule has 1 amide bonds. The van der Waals surface area contributed by atoms with Crippen molar-refractivity contribution in [1.82, 2.24) is 9.88 Å². The molecule has 0 unspecified atom stereocenters. The number of furan rings is 1. The summed E-state index contributed by atoms with van der Waals surface area (Å²) in [6.07, 6.45) is 4.75. The molecule has 0 N–H and O–H groups in total. The van der Waals surface area contributed by atoms with Crippen molar-refractivity contribution in [1.29, 1.82) is 0 Å². The van der Waals surface area contributed by atoms with E-state index in [4.69, 9.17) is 13.9 Å². The van der Waals surface area contributed by atoms with Crippen LogP contribution in [0, 0.1) is 0 Å². The highest BCUT2D eigenvalue weighted by molar-refractivity contribution is 7.13. The molecule has 0 radical (unpaired) electrons. The molecule has 2 saturated heterocycles. The maximum atomic E-state index is 12.8. The fourth-order valence-electron chi connectivity index (χ4n) is 2.92. The fourth-order valence-corrected chi connectivity index (χ4v) is 3.80. The molecule has 2 aromatic heterocycles. The second kappa shape index (κ2) is 5.83. The van der Waals surface area contributed by atoms with Crippen LogP contribution in [0.15, 0.2) is 29.0 Å². The van der Waals surface area contributed by atoms with E-state index in [-0.39, 0.29) is 11.9 Å². The number of likely N-dealkylation sites (tertiary alicyclic amines) is 1. The van der Waals surface area contributed by atoms with E-state index in [0.717, 1.165) is 25.1 Å². The van der Waals surface area contributed by atoms with Crippen molar-refractivity contribution >= 4 is 17.2 Å². The Kier molecular flexibility index (Phi) is 3.69. The molecule has 2 fully saturated rings. The summed E-state index contributed by atoms with van der Waals surface area (Å²) in [5.74, 6) is 0.846. The summed E-state index contributed by atoms with van der Waals surface area (Å²) in [6.45, 7) is 1.88. The van der Waals surface area contributed by atoms with Gasteiger partial charge < -0.3 is 18.8 Å². The number of aromatic nitrogens is 1. The van der Waals surface area contributed by atoms with E-state index in [2.05, 4.69) is 4.98 Å². The van der Waals surface area contributed by atoms with Gasteiger partial charge in [-0.15, -0.1) is 11.3 Å². The number of hydrogen-bond donors (Lipinski definition) is 0. The summed E-state index contributed by atoms with van der Waals surface area (Å²) in [7, 11) is 0. The molecule has 2 aliphatic heterocycles. The Morgan fingerprint density at radius 1 is 1.36 bits per heavy atom. The van der Waals surface area contributed by atoms with Gasteiger partial charge >= 0.3 is 0 Å². The van der Waals surface area contributed by atoms with Crippen molar-refractivity contribution in [3.8, 4) is 0 Å². The lowest BCUT2D eigenvalue weighted by Gasteiger charge is -2.22. The molecule has 116 valence electrons. The van der Waals surface area contributed by atoms with Gasteiger partial charge in [0, 0.05) is 6.54 Å². The maximum Gasteiger partial charge on any atom is 0.266 e. The van der Waals surface area contributed by atoms with Gasteiger partial charge in [0.2, 0.25) is 6.29 Å². The second-order valence-corrected chi connectivity index (χ2v) is 6.37. The first-order valence-electron chi connectivity index (χ1n) is 7.36. The van der Waals surface area contributed by atoms with E-state index in [1.807, 2.05) is 17.0 Å². The van der Waals surface area contributed by atoms with E-state index in [1.54, 1.807) is 12.5 Å². The Hall–Kier alpha value is -1.70. The SMILES string of the molecule is O=C(c1cnc(C2OCCO2)s1)N1CCC[C@@H]1c1ccco1. The van der Waals surface area contributed by atoms with E-state index >= 15 is 0 Å². The van der Waals surface area contributed by atoms with Gasteiger partial charge in [-0.25, -0.2) is 4.98 Å². The number of rotatable bonds is 3. The summed E-state index contributed by atoms with van der Waals surface area (Å²) in [5, 5.41) is 0.703. The van der Waals surface area contributed by atoms with E-state index in [9.17, 15) is 4.79 Å². The summed E-state index contributed by atoms with van der Waals surface area (Å²) in [4.78, 5) is 19.5. The average molecular weight is 320 g/mol. The summed E-state index contributed by atoms with van der Waals surface area (Å²) in [5.41, 5.74) is 0. The summed E-state index contributed by atoms with van der Waals surface area (Å²) < 4.78 is 16.3. The Morgan fingerprint density at radius 3 is 3.00 bits per heavy atom. The molecule has 0 spiro atoms. The highest BCUT2D eigenvalue weighted by Gasteiger charge is 2.33. The molecule has 4 rings (SSSR count). The van der Waals surface area contributed by atoms with Crippen molar-refractivity contribution in [3.63, 3.8) is 0 Å². The first-order valence-corrected chi connectivity index (χ1v) is 8.18. The third kappa shape index (κ3) is 2.45. The minimum Gasteiger partial charge on any atom is -0.467 e. The van der Waals surface area contributed by atoms with Crippen molar-refractivity contribution in [2.24, 2.45) is 0 Å². The van der Waals surface area contributed by atoms with Gasteiger partial charge in [-0.2, -0.15) is 0 Å². The van der Waals surface area contributed by atoms with E-state index < -0.39 is 6.29 Å². The van der Waals surface area contributed by atoms with Gasteiger partial charge in [-0.05, 0) is 25.0 Å². The van der Waals surface area contributed by atoms with Gasteiger partial charge in [0.05, 0.1) is 31.7 Å². The first-order chi connectivity index (χ1) is 10.8. The van der Waals surface area contributed by atoms with Crippen LogP contribution in [0.1, 0.15) is 45.6 Å². The lowest BCUT2D eigenvalue weighted by atomic mass is 10.1. The molecule has 0 aromatic carbocycles. The smallest absolute Gasteiger partial charge is 0.266 e. The minimum absolute atomic E-state index is 0.000599. The van der Waals surface area contributed by atoms with Gasteiger partial charge in [-0.3, -0.25) is 4.79 Å². The maximum absolute atomic E-state index is 12.8. The summed E-state index contributed by atoms with van der Waals surface area (Å²) >= 11 is 1.34. The second-order valence-electron chi connectivity index (χ2n) is 5.31. The van der Waals surface area contributed by atoms with Gasteiger partial charge in [0.25, 0.3) is 5.91 Å². The average Bonchev–Trinajstić information content (AvgIpc) is 3.35. The Labute approximate surface area is 131 Å². The highest BCUT2D eigenvalue weighted by atomic mass is 32.1. The van der Waals surface area contributed by atoms with E-state index in [0.29, 0.717) is 23.1 Å². The minimum atomic E-state index is -0.425. The molecular weight excluding hydrogens is 304 g/mol. The molecule has 0 aliphatic carbocycles. The van der Waals surface area contributed by atoms with Crippen molar-refractivity contribution < 1.29 is 18.7 Å². The van der Waals surface area contributed by atoms with Crippen molar-refractivity contribution in [3.05, 3.63) is 40.2 Å². The normalized spacial score (nSPS) is 22.5. The lowest BCUT2D eigenvalue weighted by Crippen LogP contribution is -2.29. The van der Waals surface area contributed by atoms with Crippen LogP contribution in [0.4, 0.5) is 0 Å². The lowest BCUT2D eigenvalue weighted by molar-refractivity contribution is -0.0442. The van der Waals surface area contributed by atoms with Crippen molar-refractivity contribution in [2.75, 3.05) is 19.8 Å². The van der Waals surface area contributed by atoms with Crippen LogP contribution in [-0.4, -0.2) is 35.5 Å². The summed E-state index contributed by atoms with van der Waals surface area (Å²) in [6, 6.07) is 3.80. The monoisotopic (exact) mass is 320 g/mol. The van der Waals surface area contributed by atoms with Crippen LogP contribution in [0.2, 0.25) is 0 Å². The molecule has 2 aliphatic rings. The van der Waals surface area contributed by atoms with Gasteiger partial charge in [0.15, 0.2) is 0 Å². The zero-order valence-electron chi connectivity index (χ0n) is 11.9. The van der Waals surface area contributed by atoms with Gasteiger partial charge in [-0.1, -0.05) is 0 Å². The topological polar surface area (TPSA) is 64.8 Å². The number of hydrogen-bond acceptors (Lipinski definition) is 6. The number of carbonyl (C=O) groups excluding carboxylic acids is 1. The first kappa shape index (κ1) is 13.9. The highest BCUT2D eigenvalue weighted by Crippen LogP contribution is 2.35. The van der Waals surface area contributed by atoms with Crippen LogP contribution < -0.4 is 0 Å². The molecule has 6 nitrogen and oxygen atoms in total. The van der Waals surface area contributed by atoms with Crippen LogP contribution in [-0.2, 0) is 9.47 Å².